The first-order valence-electron chi connectivity index (χ1n) is 6.69. The normalized spacial score (nSPS) is 11.5. The Bertz CT molecular complexity index is 608. The van der Waals surface area contributed by atoms with Crippen LogP contribution in [0.5, 0.6) is 0 Å². The molecule has 1 aromatic heterocycles. The van der Waals surface area contributed by atoms with E-state index in [1.165, 1.54) is 18.2 Å². The molecule has 1 heterocycles. The number of aromatic nitrogens is 1. The summed E-state index contributed by atoms with van der Waals surface area (Å²) in [6, 6.07) is 8.31. The number of hydrogen-bond acceptors (Lipinski definition) is 2. The van der Waals surface area contributed by atoms with Crippen molar-refractivity contribution in [1.29, 1.82) is 0 Å². The quantitative estimate of drug-likeness (QED) is 0.776. The van der Waals surface area contributed by atoms with Crippen LogP contribution in [0.15, 0.2) is 24.3 Å². The molecule has 0 spiro atoms. The van der Waals surface area contributed by atoms with Crippen LogP contribution in [-0.2, 0) is 4.74 Å². The van der Waals surface area contributed by atoms with E-state index in [9.17, 15) is 4.79 Å². The largest absolute Gasteiger partial charge is 0.465 e. The molecule has 0 aliphatic carbocycles. The highest BCUT2D eigenvalue weighted by Gasteiger charge is 2.15. The van der Waals surface area contributed by atoms with E-state index in [-0.39, 0.29) is 5.97 Å². The molecule has 0 N–H and O–H groups in total. The SMILES string of the molecule is COC(=O)c1ccc2cc(C(C)C)n(C(C)C)c2c1. The number of hydrogen-bond donors (Lipinski definition) is 0. The average molecular weight is 259 g/mol. The molecular formula is C16H21NO2. The van der Waals surface area contributed by atoms with Crippen molar-refractivity contribution in [2.75, 3.05) is 7.11 Å². The van der Waals surface area contributed by atoms with Gasteiger partial charge in [0.1, 0.15) is 0 Å². The van der Waals surface area contributed by atoms with Crippen LogP contribution in [0, 0.1) is 0 Å². The summed E-state index contributed by atoms with van der Waals surface area (Å²) in [6.45, 7) is 8.70. The minimum absolute atomic E-state index is 0.287. The van der Waals surface area contributed by atoms with Crippen LogP contribution in [0.25, 0.3) is 10.9 Å². The Kier molecular flexibility index (Phi) is 3.65. The maximum absolute atomic E-state index is 11.6. The highest BCUT2D eigenvalue weighted by molar-refractivity contribution is 5.95. The minimum atomic E-state index is -0.287. The second-order valence-electron chi connectivity index (χ2n) is 5.45. The highest BCUT2D eigenvalue weighted by Crippen LogP contribution is 2.29. The van der Waals surface area contributed by atoms with E-state index < -0.39 is 0 Å². The summed E-state index contributed by atoms with van der Waals surface area (Å²) in [4.78, 5) is 11.6. The fourth-order valence-electron chi connectivity index (χ4n) is 2.51. The van der Waals surface area contributed by atoms with Crippen molar-refractivity contribution >= 4 is 16.9 Å². The molecule has 0 unspecified atom stereocenters. The lowest BCUT2D eigenvalue weighted by molar-refractivity contribution is 0.0601. The van der Waals surface area contributed by atoms with E-state index in [2.05, 4.69) is 38.3 Å². The third-order valence-corrected chi connectivity index (χ3v) is 3.40. The van der Waals surface area contributed by atoms with Gasteiger partial charge in [0.15, 0.2) is 0 Å². The Balaban J connectivity index is 2.69. The van der Waals surface area contributed by atoms with Gasteiger partial charge in [-0.2, -0.15) is 0 Å². The van der Waals surface area contributed by atoms with Crippen LogP contribution < -0.4 is 0 Å². The third-order valence-electron chi connectivity index (χ3n) is 3.40. The molecule has 19 heavy (non-hydrogen) atoms. The first-order valence-corrected chi connectivity index (χ1v) is 6.69. The van der Waals surface area contributed by atoms with Crippen LogP contribution in [0.3, 0.4) is 0 Å². The molecule has 2 rings (SSSR count). The summed E-state index contributed by atoms with van der Waals surface area (Å²) in [5.74, 6) is 0.167. The molecule has 0 bridgehead atoms. The molecule has 0 radical (unpaired) electrons. The topological polar surface area (TPSA) is 31.2 Å². The first-order chi connectivity index (χ1) is 8.95. The maximum atomic E-state index is 11.6. The number of benzene rings is 1. The molecule has 3 nitrogen and oxygen atoms in total. The molecule has 0 atom stereocenters. The van der Waals surface area contributed by atoms with Crippen molar-refractivity contribution in [1.82, 2.24) is 4.57 Å². The Morgan fingerprint density at radius 2 is 1.84 bits per heavy atom. The standard InChI is InChI=1S/C16H21NO2/c1-10(2)14-8-12-6-7-13(16(18)19-5)9-15(12)17(14)11(3)4/h6-11H,1-5H3. The highest BCUT2D eigenvalue weighted by atomic mass is 16.5. The smallest absolute Gasteiger partial charge is 0.337 e. The Labute approximate surface area is 114 Å². The van der Waals surface area contributed by atoms with Gasteiger partial charge in [-0.1, -0.05) is 19.9 Å². The van der Waals surface area contributed by atoms with Gasteiger partial charge < -0.3 is 9.30 Å². The van der Waals surface area contributed by atoms with E-state index >= 15 is 0 Å². The van der Waals surface area contributed by atoms with Crippen molar-refractivity contribution in [3.63, 3.8) is 0 Å². The van der Waals surface area contributed by atoms with Crippen molar-refractivity contribution in [2.45, 2.75) is 39.7 Å². The molecule has 102 valence electrons. The number of carbonyl (C=O) groups is 1. The van der Waals surface area contributed by atoms with Crippen molar-refractivity contribution in [2.24, 2.45) is 0 Å². The zero-order valence-corrected chi connectivity index (χ0v) is 12.2. The van der Waals surface area contributed by atoms with E-state index in [4.69, 9.17) is 4.74 Å². The summed E-state index contributed by atoms with van der Waals surface area (Å²) < 4.78 is 7.09. The minimum Gasteiger partial charge on any atom is -0.465 e. The number of esters is 1. The van der Waals surface area contributed by atoms with Crippen molar-refractivity contribution < 1.29 is 9.53 Å². The molecule has 0 saturated carbocycles. The molecule has 3 heteroatoms. The number of rotatable bonds is 3. The van der Waals surface area contributed by atoms with Crippen LogP contribution >= 0.6 is 0 Å². The second kappa shape index (κ2) is 5.08. The summed E-state index contributed by atoms with van der Waals surface area (Å²) in [7, 11) is 1.41. The van der Waals surface area contributed by atoms with Crippen LogP contribution in [0.2, 0.25) is 0 Å². The van der Waals surface area contributed by atoms with Gasteiger partial charge in [0.05, 0.1) is 12.7 Å². The number of carbonyl (C=O) groups excluding carboxylic acids is 1. The molecule has 1 aromatic carbocycles. The van der Waals surface area contributed by atoms with Gasteiger partial charge in [-0.25, -0.2) is 4.79 Å². The fourth-order valence-corrected chi connectivity index (χ4v) is 2.51. The van der Waals surface area contributed by atoms with E-state index in [0.717, 1.165) is 5.52 Å². The predicted molar refractivity (Wildman–Crippen MR) is 77.8 cm³/mol. The molecular weight excluding hydrogens is 238 g/mol. The Morgan fingerprint density at radius 3 is 2.37 bits per heavy atom. The lowest BCUT2D eigenvalue weighted by atomic mass is 10.1. The molecule has 0 aliphatic heterocycles. The zero-order chi connectivity index (χ0) is 14.2. The predicted octanol–water partition coefficient (Wildman–Crippen LogP) is 4.13. The number of nitrogens with zero attached hydrogens (tertiary/aromatic N) is 1. The number of ether oxygens (including phenoxy) is 1. The van der Waals surface area contributed by atoms with E-state index in [1.54, 1.807) is 0 Å². The van der Waals surface area contributed by atoms with Crippen LogP contribution in [0.4, 0.5) is 0 Å². The van der Waals surface area contributed by atoms with Gasteiger partial charge in [0.25, 0.3) is 0 Å². The summed E-state index contributed by atoms with van der Waals surface area (Å²) in [5.41, 5.74) is 3.00. The Hall–Kier alpha value is -1.77. The molecule has 0 amide bonds. The summed E-state index contributed by atoms with van der Waals surface area (Å²) >= 11 is 0. The molecule has 0 aliphatic rings. The van der Waals surface area contributed by atoms with Crippen molar-refractivity contribution in [3.8, 4) is 0 Å². The average Bonchev–Trinajstić information content (AvgIpc) is 2.76. The molecule has 0 saturated heterocycles. The maximum Gasteiger partial charge on any atom is 0.337 e. The first kappa shape index (κ1) is 13.7. The third kappa shape index (κ3) is 2.37. The van der Waals surface area contributed by atoms with Gasteiger partial charge in [0, 0.05) is 17.3 Å². The van der Waals surface area contributed by atoms with Crippen LogP contribution in [-0.4, -0.2) is 17.6 Å². The second-order valence-corrected chi connectivity index (χ2v) is 5.45. The molecule has 2 aromatic rings. The fraction of sp³-hybridized carbons (Fsp3) is 0.438. The van der Waals surface area contributed by atoms with E-state index in [0.29, 0.717) is 17.5 Å². The lowest BCUT2D eigenvalue weighted by Crippen LogP contribution is -2.07. The number of methoxy groups -OCH3 is 1. The van der Waals surface area contributed by atoms with Gasteiger partial charge >= 0.3 is 5.97 Å². The van der Waals surface area contributed by atoms with E-state index in [1.807, 2.05) is 18.2 Å². The lowest BCUT2D eigenvalue weighted by Gasteiger charge is -2.17. The Morgan fingerprint density at radius 1 is 1.16 bits per heavy atom. The van der Waals surface area contributed by atoms with Crippen LogP contribution in [0.1, 0.15) is 55.7 Å². The summed E-state index contributed by atoms with van der Waals surface area (Å²) in [6.07, 6.45) is 0. The molecule has 0 fully saturated rings. The van der Waals surface area contributed by atoms with Gasteiger partial charge in [-0.15, -0.1) is 0 Å². The summed E-state index contributed by atoms with van der Waals surface area (Å²) in [5, 5.41) is 1.17. The van der Waals surface area contributed by atoms with Crippen molar-refractivity contribution in [3.05, 3.63) is 35.5 Å². The monoisotopic (exact) mass is 259 g/mol. The zero-order valence-electron chi connectivity index (χ0n) is 12.2. The van der Waals surface area contributed by atoms with Gasteiger partial charge in [-0.05, 0) is 43.4 Å². The number of fused-ring (bicyclic) bond motifs is 1. The van der Waals surface area contributed by atoms with Gasteiger partial charge in [0.2, 0.25) is 0 Å². The van der Waals surface area contributed by atoms with Gasteiger partial charge in [-0.3, -0.25) is 0 Å².